The Hall–Kier alpha value is -2.70. The van der Waals surface area contributed by atoms with Crippen LogP contribution >= 0.6 is 0 Å². The van der Waals surface area contributed by atoms with Crippen molar-refractivity contribution < 1.29 is 18.8 Å². The predicted molar refractivity (Wildman–Crippen MR) is 68.4 cm³/mol. The predicted octanol–water partition coefficient (Wildman–Crippen LogP) is 3.19. The van der Waals surface area contributed by atoms with Crippen molar-refractivity contribution in [2.24, 2.45) is 0 Å². The molecule has 0 heterocycles. The van der Waals surface area contributed by atoms with Crippen molar-refractivity contribution in [1.29, 1.82) is 0 Å². The summed E-state index contributed by atoms with van der Waals surface area (Å²) in [6.07, 6.45) is 0. The summed E-state index contributed by atoms with van der Waals surface area (Å²) in [7, 11) is 0. The Kier molecular flexibility index (Phi) is 3.79. The number of halogens is 2. The lowest BCUT2D eigenvalue weighted by molar-refractivity contribution is -0.384. The number of benzene rings is 2. The van der Waals surface area contributed by atoms with Crippen LogP contribution in [0.4, 0.5) is 20.2 Å². The highest BCUT2D eigenvalue weighted by Gasteiger charge is 2.14. The van der Waals surface area contributed by atoms with Gasteiger partial charge in [-0.2, -0.15) is 0 Å². The zero-order valence-corrected chi connectivity index (χ0v) is 10.1. The Bertz CT molecular complexity index is 642. The van der Waals surface area contributed by atoms with Crippen LogP contribution in [0, 0.1) is 21.7 Å². The molecule has 0 aliphatic rings. The maximum Gasteiger partial charge on any atom is 0.292 e. The lowest BCUT2D eigenvalue weighted by Gasteiger charge is -2.08. The Morgan fingerprint density at radius 1 is 1.15 bits per heavy atom. The van der Waals surface area contributed by atoms with Crippen molar-refractivity contribution >= 4 is 11.4 Å². The van der Waals surface area contributed by atoms with E-state index in [4.69, 9.17) is 0 Å². The van der Waals surface area contributed by atoms with Crippen LogP contribution in [0.25, 0.3) is 0 Å². The van der Waals surface area contributed by atoms with Crippen LogP contribution in [-0.4, -0.2) is 10.0 Å². The SMILES string of the molecule is O=[N+]([O-])c1ccc(F)cc1NCc1cc(O)cc(F)c1. The van der Waals surface area contributed by atoms with E-state index in [-0.39, 0.29) is 23.7 Å². The summed E-state index contributed by atoms with van der Waals surface area (Å²) in [5.74, 6) is -1.51. The van der Waals surface area contributed by atoms with Crippen LogP contribution in [0.5, 0.6) is 5.75 Å². The number of nitro groups is 1. The summed E-state index contributed by atoms with van der Waals surface area (Å²) in [6.45, 7) is 0.00954. The zero-order chi connectivity index (χ0) is 14.7. The molecule has 5 nitrogen and oxygen atoms in total. The van der Waals surface area contributed by atoms with Crippen LogP contribution in [0.2, 0.25) is 0 Å². The first kappa shape index (κ1) is 13.7. The van der Waals surface area contributed by atoms with Gasteiger partial charge in [0.05, 0.1) is 4.92 Å². The van der Waals surface area contributed by atoms with Gasteiger partial charge in [0.1, 0.15) is 23.1 Å². The fourth-order valence-corrected chi connectivity index (χ4v) is 1.74. The standard InChI is InChI=1S/C13H10F2N2O3/c14-9-1-2-13(17(19)20)12(6-9)16-7-8-3-10(15)5-11(18)4-8/h1-6,16,18H,7H2. The average Bonchev–Trinajstić information content (AvgIpc) is 2.35. The number of hydrogen-bond donors (Lipinski definition) is 2. The van der Waals surface area contributed by atoms with Gasteiger partial charge in [0.25, 0.3) is 5.69 Å². The molecule has 0 unspecified atom stereocenters. The van der Waals surface area contributed by atoms with Crippen LogP contribution in [0.15, 0.2) is 36.4 Å². The van der Waals surface area contributed by atoms with Crippen molar-refractivity contribution in [3.63, 3.8) is 0 Å². The molecular formula is C13H10F2N2O3. The number of rotatable bonds is 4. The largest absolute Gasteiger partial charge is 0.508 e. The molecule has 104 valence electrons. The molecule has 0 radical (unpaired) electrons. The van der Waals surface area contributed by atoms with E-state index in [9.17, 15) is 24.0 Å². The first-order valence-electron chi connectivity index (χ1n) is 5.62. The van der Waals surface area contributed by atoms with E-state index in [0.717, 1.165) is 30.3 Å². The zero-order valence-electron chi connectivity index (χ0n) is 10.1. The second-order valence-electron chi connectivity index (χ2n) is 4.09. The summed E-state index contributed by atoms with van der Waals surface area (Å²) in [4.78, 5) is 10.1. The van der Waals surface area contributed by atoms with Crippen LogP contribution < -0.4 is 5.32 Å². The summed E-state index contributed by atoms with van der Waals surface area (Å²) in [5.41, 5.74) is 0.0758. The Morgan fingerprint density at radius 2 is 1.90 bits per heavy atom. The number of hydrogen-bond acceptors (Lipinski definition) is 4. The van der Waals surface area contributed by atoms with Gasteiger partial charge in [-0.25, -0.2) is 8.78 Å². The Balaban J connectivity index is 2.22. The summed E-state index contributed by atoms with van der Waals surface area (Å²) >= 11 is 0. The highest BCUT2D eigenvalue weighted by molar-refractivity contribution is 5.61. The molecule has 0 bridgehead atoms. The molecule has 0 saturated heterocycles. The lowest BCUT2D eigenvalue weighted by atomic mass is 10.2. The van der Waals surface area contributed by atoms with Gasteiger partial charge in [-0.3, -0.25) is 10.1 Å². The van der Waals surface area contributed by atoms with Crippen molar-refractivity contribution in [2.45, 2.75) is 6.54 Å². The number of anilines is 1. The van der Waals surface area contributed by atoms with E-state index in [1.165, 1.54) is 6.07 Å². The highest BCUT2D eigenvalue weighted by atomic mass is 19.1. The lowest BCUT2D eigenvalue weighted by Crippen LogP contribution is -2.03. The van der Waals surface area contributed by atoms with Crippen molar-refractivity contribution in [3.05, 3.63) is 63.7 Å². The van der Waals surface area contributed by atoms with Crippen LogP contribution in [-0.2, 0) is 6.54 Å². The van der Waals surface area contributed by atoms with E-state index < -0.39 is 16.6 Å². The van der Waals surface area contributed by atoms with Gasteiger partial charge in [-0.15, -0.1) is 0 Å². The number of phenolic OH excluding ortho intramolecular Hbond substituents is 1. The van der Waals surface area contributed by atoms with E-state index in [1.807, 2.05) is 0 Å². The minimum absolute atomic E-state index is 0.00954. The van der Waals surface area contributed by atoms with Crippen molar-refractivity contribution in [1.82, 2.24) is 0 Å². The van der Waals surface area contributed by atoms with Gasteiger partial charge in [-0.05, 0) is 23.8 Å². The quantitative estimate of drug-likeness (QED) is 0.666. The maximum atomic E-state index is 13.1. The Labute approximate surface area is 112 Å². The minimum atomic E-state index is -0.648. The third-order valence-electron chi connectivity index (χ3n) is 2.58. The van der Waals surface area contributed by atoms with Gasteiger partial charge >= 0.3 is 0 Å². The van der Waals surface area contributed by atoms with E-state index >= 15 is 0 Å². The molecule has 7 heteroatoms. The van der Waals surface area contributed by atoms with Gasteiger partial charge in [0.2, 0.25) is 0 Å². The number of phenols is 1. The molecule has 20 heavy (non-hydrogen) atoms. The minimum Gasteiger partial charge on any atom is -0.508 e. The monoisotopic (exact) mass is 280 g/mol. The molecule has 0 spiro atoms. The molecule has 2 aromatic carbocycles. The van der Waals surface area contributed by atoms with E-state index in [0.29, 0.717) is 5.56 Å². The maximum absolute atomic E-state index is 13.1. The molecule has 0 fully saturated rings. The first-order valence-corrected chi connectivity index (χ1v) is 5.62. The summed E-state index contributed by atoms with van der Waals surface area (Å²) < 4.78 is 26.2. The highest BCUT2D eigenvalue weighted by Crippen LogP contribution is 2.26. The first-order chi connectivity index (χ1) is 9.45. The summed E-state index contributed by atoms with van der Waals surface area (Å²) in [5, 5.41) is 22.7. The van der Waals surface area contributed by atoms with Gasteiger partial charge in [-0.1, -0.05) is 0 Å². The number of nitro benzene ring substituents is 1. The van der Waals surface area contributed by atoms with E-state index in [2.05, 4.69) is 5.32 Å². The van der Waals surface area contributed by atoms with Crippen LogP contribution in [0.1, 0.15) is 5.56 Å². The molecule has 0 aliphatic heterocycles. The van der Waals surface area contributed by atoms with Crippen molar-refractivity contribution in [2.75, 3.05) is 5.32 Å². The average molecular weight is 280 g/mol. The topological polar surface area (TPSA) is 75.4 Å². The molecule has 2 aromatic rings. The third kappa shape index (κ3) is 3.19. The fourth-order valence-electron chi connectivity index (χ4n) is 1.74. The second kappa shape index (κ2) is 5.52. The molecular weight excluding hydrogens is 270 g/mol. The number of nitrogens with zero attached hydrogens (tertiary/aromatic N) is 1. The normalized spacial score (nSPS) is 10.3. The molecule has 0 atom stereocenters. The number of aromatic hydroxyl groups is 1. The smallest absolute Gasteiger partial charge is 0.292 e. The molecule has 0 aliphatic carbocycles. The van der Waals surface area contributed by atoms with Gasteiger partial charge < -0.3 is 10.4 Å². The van der Waals surface area contributed by atoms with Gasteiger partial charge in [0, 0.05) is 24.7 Å². The Morgan fingerprint density at radius 3 is 2.55 bits per heavy atom. The number of nitrogens with one attached hydrogen (secondary N) is 1. The molecule has 0 aromatic heterocycles. The molecule has 0 saturated carbocycles. The van der Waals surface area contributed by atoms with Crippen LogP contribution in [0.3, 0.4) is 0 Å². The van der Waals surface area contributed by atoms with Gasteiger partial charge in [0.15, 0.2) is 0 Å². The molecule has 2 rings (SSSR count). The molecule has 2 N–H and O–H groups in total. The van der Waals surface area contributed by atoms with E-state index in [1.54, 1.807) is 0 Å². The second-order valence-corrected chi connectivity index (χ2v) is 4.09. The molecule has 0 amide bonds. The fraction of sp³-hybridized carbons (Fsp3) is 0.0769. The van der Waals surface area contributed by atoms with Crippen molar-refractivity contribution in [3.8, 4) is 5.75 Å². The summed E-state index contributed by atoms with van der Waals surface area (Å²) in [6, 6.07) is 6.42. The third-order valence-corrected chi connectivity index (χ3v) is 2.58.